The summed E-state index contributed by atoms with van der Waals surface area (Å²) in [4.78, 5) is 17.4. The summed E-state index contributed by atoms with van der Waals surface area (Å²) in [6, 6.07) is 14.7. The predicted molar refractivity (Wildman–Crippen MR) is 95.6 cm³/mol. The summed E-state index contributed by atoms with van der Waals surface area (Å²) >= 11 is 1.82. The maximum atomic E-state index is 12.7. The normalized spacial score (nSPS) is 18.5. The summed E-state index contributed by atoms with van der Waals surface area (Å²) in [7, 11) is 0. The van der Waals surface area contributed by atoms with Crippen molar-refractivity contribution >= 4 is 17.4 Å². The largest absolute Gasteiger partial charge is 0.334 e. The van der Waals surface area contributed by atoms with Gasteiger partial charge >= 0.3 is 6.03 Å². The van der Waals surface area contributed by atoms with Gasteiger partial charge < -0.3 is 10.2 Å². The number of carbonyl (C=O) groups excluding carboxylic acids is 1. The molecule has 0 radical (unpaired) electrons. The van der Waals surface area contributed by atoms with E-state index >= 15 is 0 Å². The van der Waals surface area contributed by atoms with Gasteiger partial charge in [-0.25, -0.2) is 4.79 Å². The monoisotopic (exact) mass is 328 g/mol. The number of aryl methyl sites for hydroxylation is 1. The smallest absolute Gasteiger partial charge is 0.318 e. The van der Waals surface area contributed by atoms with Gasteiger partial charge in [-0.2, -0.15) is 0 Å². The summed E-state index contributed by atoms with van der Waals surface area (Å²) in [5.74, 6) is 0. The van der Waals surface area contributed by atoms with Crippen molar-refractivity contribution in [1.29, 1.82) is 0 Å². The molecule has 1 N–H and O–H groups in total. The molecule has 1 saturated heterocycles. The van der Waals surface area contributed by atoms with Crippen molar-refractivity contribution in [3.63, 3.8) is 0 Å². The highest BCUT2D eigenvalue weighted by molar-refractivity contribution is 7.12. The van der Waals surface area contributed by atoms with Crippen LogP contribution >= 0.6 is 11.3 Å². The Bertz CT molecular complexity index is 638. The van der Waals surface area contributed by atoms with Crippen LogP contribution in [0.2, 0.25) is 0 Å². The molecule has 3 rings (SSSR count). The number of likely N-dealkylation sites (tertiary alicyclic amines) is 1. The van der Waals surface area contributed by atoms with Gasteiger partial charge in [-0.3, -0.25) is 0 Å². The fourth-order valence-electron chi connectivity index (χ4n) is 3.15. The van der Waals surface area contributed by atoms with Gasteiger partial charge in [0.15, 0.2) is 0 Å². The summed E-state index contributed by atoms with van der Waals surface area (Å²) < 4.78 is 0. The van der Waals surface area contributed by atoms with E-state index in [4.69, 9.17) is 0 Å². The molecule has 23 heavy (non-hydrogen) atoms. The number of rotatable bonds is 3. The first-order valence-electron chi connectivity index (χ1n) is 8.39. The van der Waals surface area contributed by atoms with E-state index in [0.29, 0.717) is 6.54 Å². The Hall–Kier alpha value is -1.81. The number of urea groups is 1. The van der Waals surface area contributed by atoms with Crippen molar-refractivity contribution < 1.29 is 4.79 Å². The Morgan fingerprint density at radius 1 is 1.17 bits per heavy atom. The van der Waals surface area contributed by atoms with Crippen molar-refractivity contribution in [3.8, 4) is 0 Å². The first-order chi connectivity index (χ1) is 11.2. The Morgan fingerprint density at radius 2 is 2.00 bits per heavy atom. The van der Waals surface area contributed by atoms with Crippen LogP contribution in [0.25, 0.3) is 0 Å². The Morgan fingerprint density at radius 3 is 2.74 bits per heavy atom. The zero-order valence-corrected chi connectivity index (χ0v) is 14.4. The minimum Gasteiger partial charge on any atom is -0.334 e. The topological polar surface area (TPSA) is 32.3 Å². The average Bonchev–Trinajstić information content (AvgIpc) is 2.85. The summed E-state index contributed by atoms with van der Waals surface area (Å²) in [6.07, 6.45) is 4.58. The van der Waals surface area contributed by atoms with Gasteiger partial charge in [-0.1, -0.05) is 43.2 Å². The summed E-state index contributed by atoms with van der Waals surface area (Å²) in [5.41, 5.74) is 1.14. The fourth-order valence-corrected chi connectivity index (χ4v) is 4.18. The first-order valence-corrected chi connectivity index (χ1v) is 9.20. The fraction of sp³-hybridized carbons (Fsp3) is 0.421. The van der Waals surface area contributed by atoms with Crippen LogP contribution in [0.15, 0.2) is 42.5 Å². The molecule has 2 heterocycles. The molecule has 1 aliphatic rings. The van der Waals surface area contributed by atoms with Crippen molar-refractivity contribution in [2.75, 3.05) is 6.54 Å². The zero-order valence-electron chi connectivity index (χ0n) is 13.6. The predicted octanol–water partition coefficient (Wildman–Crippen LogP) is 4.88. The van der Waals surface area contributed by atoms with Gasteiger partial charge in [0.05, 0.1) is 6.04 Å². The molecule has 0 saturated carbocycles. The zero-order chi connectivity index (χ0) is 16.1. The maximum Gasteiger partial charge on any atom is 0.318 e. The Labute approximate surface area is 142 Å². The Balaban J connectivity index is 1.70. The molecule has 1 fully saturated rings. The van der Waals surface area contributed by atoms with Crippen LogP contribution in [-0.2, 0) is 6.54 Å². The van der Waals surface area contributed by atoms with E-state index in [1.807, 2.05) is 46.6 Å². The molecule has 0 bridgehead atoms. The minimum atomic E-state index is 0.0619. The second-order valence-corrected chi connectivity index (χ2v) is 7.47. The highest BCUT2D eigenvalue weighted by Gasteiger charge is 2.27. The molecule has 0 spiro atoms. The number of thiophene rings is 1. The van der Waals surface area contributed by atoms with Crippen molar-refractivity contribution in [1.82, 2.24) is 10.2 Å². The molecule has 1 aliphatic heterocycles. The molecular weight excluding hydrogens is 304 g/mol. The minimum absolute atomic E-state index is 0.0619. The van der Waals surface area contributed by atoms with Crippen LogP contribution in [0, 0.1) is 6.92 Å². The molecule has 122 valence electrons. The number of carbonyl (C=O) groups is 1. The van der Waals surface area contributed by atoms with Crippen LogP contribution in [-0.4, -0.2) is 17.5 Å². The molecule has 1 aromatic heterocycles. The quantitative estimate of drug-likeness (QED) is 0.855. The van der Waals surface area contributed by atoms with Crippen molar-refractivity contribution in [3.05, 3.63) is 57.8 Å². The number of hydrogen-bond donors (Lipinski definition) is 1. The number of nitrogens with zero attached hydrogens (tertiary/aromatic N) is 1. The van der Waals surface area contributed by atoms with Gasteiger partial charge in [0.2, 0.25) is 0 Å². The van der Waals surface area contributed by atoms with Crippen LogP contribution in [0.1, 0.15) is 47.0 Å². The summed E-state index contributed by atoms with van der Waals surface area (Å²) in [5, 5.41) is 3.09. The molecule has 3 nitrogen and oxygen atoms in total. The molecular formula is C19H24N2OS. The second-order valence-electron chi connectivity index (χ2n) is 6.15. The van der Waals surface area contributed by atoms with E-state index in [1.54, 1.807) is 0 Å². The van der Waals surface area contributed by atoms with Gasteiger partial charge in [0, 0.05) is 22.8 Å². The standard InChI is InChI=1S/C19H24N2OS/c1-15-11-12-18(23-15)17-10-6-3-7-13-21(17)19(22)20-14-16-8-4-2-5-9-16/h2,4-5,8-9,11-12,17H,3,6-7,10,13-14H2,1H3,(H,20,22)/t17-/m1/s1. The average molecular weight is 328 g/mol. The van der Waals surface area contributed by atoms with Gasteiger partial charge in [0.25, 0.3) is 0 Å². The molecule has 0 unspecified atom stereocenters. The highest BCUT2D eigenvalue weighted by atomic mass is 32.1. The number of benzene rings is 1. The molecule has 1 atom stereocenters. The van der Waals surface area contributed by atoms with E-state index in [2.05, 4.69) is 24.4 Å². The van der Waals surface area contributed by atoms with Gasteiger partial charge in [-0.15, -0.1) is 11.3 Å². The molecule has 2 aromatic rings. The third-order valence-corrected chi connectivity index (χ3v) is 5.49. The van der Waals surface area contributed by atoms with E-state index in [1.165, 1.54) is 22.6 Å². The molecule has 4 heteroatoms. The van der Waals surface area contributed by atoms with E-state index in [9.17, 15) is 4.79 Å². The SMILES string of the molecule is Cc1ccc([C@H]2CCCCCN2C(=O)NCc2ccccc2)s1. The lowest BCUT2D eigenvalue weighted by molar-refractivity contribution is 0.176. The van der Waals surface area contributed by atoms with E-state index < -0.39 is 0 Å². The van der Waals surface area contributed by atoms with Gasteiger partial charge in [0.1, 0.15) is 0 Å². The Kier molecular flexibility index (Phi) is 5.34. The number of nitrogens with one attached hydrogen (secondary N) is 1. The van der Waals surface area contributed by atoms with E-state index in [0.717, 1.165) is 24.9 Å². The number of amides is 2. The van der Waals surface area contributed by atoms with Gasteiger partial charge in [-0.05, 0) is 37.5 Å². The first kappa shape index (κ1) is 16.1. The van der Waals surface area contributed by atoms with Crippen LogP contribution in [0.3, 0.4) is 0 Å². The van der Waals surface area contributed by atoms with Crippen molar-refractivity contribution in [2.45, 2.75) is 45.2 Å². The second kappa shape index (κ2) is 7.64. The van der Waals surface area contributed by atoms with Crippen LogP contribution < -0.4 is 5.32 Å². The maximum absolute atomic E-state index is 12.7. The lowest BCUT2D eigenvalue weighted by Crippen LogP contribution is -2.41. The molecule has 0 aliphatic carbocycles. The van der Waals surface area contributed by atoms with Crippen molar-refractivity contribution in [2.24, 2.45) is 0 Å². The van der Waals surface area contributed by atoms with Crippen LogP contribution in [0.4, 0.5) is 4.79 Å². The molecule has 1 aromatic carbocycles. The molecule has 2 amide bonds. The number of hydrogen-bond acceptors (Lipinski definition) is 2. The summed E-state index contributed by atoms with van der Waals surface area (Å²) in [6.45, 7) is 3.57. The lowest BCUT2D eigenvalue weighted by Gasteiger charge is -2.29. The lowest BCUT2D eigenvalue weighted by atomic mass is 10.1. The highest BCUT2D eigenvalue weighted by Crippen LogP contribution is 2.34. The third kappa shape index (κ3) is 4.14. The van der Waals surface area contributed by atoms with Crippen LogP contribution in [0.5, 0.6) is 0 Å². The van der Waals surface area contributed by atoms with E-state index in [-0.39, 0.29) is 12.1 Å². The third-order valence-electron chi connectivity index (χ3n) is 4.39.